The van der Waals surface area contributed by atoms with Gasteiger partial charge in [-0.25, -0.2) is 4.79 Å². The highest BCUT2D eigenvalue weighted by atomic mass is 32.1. The van der Waals surface area contributed by atoms with Gasteiger partial charge in [0.25, 0.3) is 0 Å². The van der Waals surface area contributed by atoms with Gasteiger partial charge in [-0.15, -0.1) is 11.3 Å². The van der Waals surface area contributed by atoms with Gasteiger partial charge in [-0.05, 0) is 36.0 Å². The number of likely N-dealkylation sites (tertiary alicyclic amines) is 1. The molecule has 6 nitrogen and oxygen atoms in total. The summed E-state index contributed by atoms with van der Waals surface area (Å²) in [6.07, 6.45) is 1.20. The molecule has 2 atom stereocenters. The molecule has 1 aliphatic heterocycles. The van der Waals surface area contributed by atoms with Crippen LogP contribution in [0.4, 0.5) is 5.00 Å². The molecule has 0 saturated carbocycles. The Morgan fingerprint density at radius 2 is 1.79 bits per heavy atom. The van der Waals surface area contributed by atoms with E-state index in [2.05, 4.69) is 24.1 Å². The first-order chi connectivity index (χ1) is 13.9. The molecule has 156 valence electrons. The third-order valence-corrected chi connectivity index (χ3v) is 6.04. The molecule has 0 radical (unpaired) electrons. The number of amides is 1. The number of rotatable bonds is 6. The fourth-order valence-corrected chi connectivity index (χ4v) is 5.00. The van der Waals surface area contributed by atoms with Crippen molar-refractivity contribution in [2.24, 2.45) is 11.8 Å². The van der Waals surface area contributed by atoms with Crippen molar-refractivity contribution in [1.82, 2.24) is 4.90 Å². The second-order valence-corrected chi connectivity index (χ2v) is 8.64. The maximum atomic E-state index is 12.7. The van der Waals surface area contributed by atoms with E-state index >= 15 is 0 Å². The second kappa shape index (κ2) is 9.41. The third-order valence-electron chi connectivity index (χ3n) is 5.15. The number of benzene rings is 1. The first kappa shape index (κ1) is 21.3. The SMILES string of the molecule is COC(=O)c1c(-c2ccc(OC)cc2)csc1NC(=O)CN1CC(C)CC(C)C1. The fourth-order valence-electron chi connectivity index (χ4n) is 4.03. The van der Waals surface area contributed by atoms with Crippen LogP contribution >= 0.6 is 11.3 Å². The Kier molecular flexibility index (Phi) is 6.92. The summed E-state index contributed by atoms with van der Waals surface area (Å²) < 4.78 is 10.2. The average molecular weight is 417 g/mol. The largest absolute Gasteiger partial charge is 0.497 e. The lowest BCUT2D eigenvalue weighted by Crippen LogP contribution is -2.42. The molecule has 1 aromatic carbocycles. The maximum Gasteiger partial charge on any atom is 0.341 e. The van der Waals surface area contributed by atoms with Crippen LogP contribution < -0.4 is 10.1 Å². The Morgan fingerprint density at radius 3 is 2.38 bits per heavy atom. The number of thiophene rings is 1. The fraction of sp³-hybridized carbons (Fsp3) is 0.455. The van der Waals surface area contributed by atoms with Crippen molar-refractivity contribution in [1.29, 1.82) is 0 Å². The zero-order valence-electron chi connectivity index (χ0n) is 17.4. The van der Waals surface area contributed by atoms with Crippen molar-refractivity contribution in [3.05, 3.63) is 35.2 Å². The van der Waals surface area contributed by atoms with Gasteiger partial charge in [0.2, 0.25) is 5.91 Å². The van der Waals surface area contributed by atoms with Gasteiger partial charge in [0, 0.05) is 24.0 Å². The van der Waals surface area contributed by atoms with E-state index in [9.17, 15) is 9.59 Å². The lowest BCUT2D eigenvalue weighted by atomic mass is 9.92. The van der Waals surface area contributed by atoms with Crippen molar-refractivity contribution in [3.8, 4) is 16.9 Å². The van der Waals surface area contributed by atoms with Crippen molar-refractivity contribution < 1.29 is 19.1 Å². The topological polar surface area (TPSA) is 67.9 Å². The van der Waals surface area contributed by atoms with Crippen LogP contribution in [0, 0.1) is 11.8 Å². The minimum Gasteiger partial charge on any atom is -0.497 e. The summed E-state index contributed by atoms with van der Waals surface area (Å²) in [5, 5.41) is 5.32. The minimum absolute atomic E-state index is 0.111. The quantitative estimate of drug-likeness (QED) is 0.717. The molecule has 2 aromatic rings. The van der Waals surface area contributed by atoms with E-state index in [1.165, 1.54) is 24.9 Å². The number of nitrogens with zero attached hydrogens (tertiary/aromatic N) is 1. The smallest absolute Gasteiger partial charge is 0.341 e. The molecule has 2 heterocycles. The van der Waals surface area contributed by atoms with E-state index < -0.39 is 5.97 Å². The van der Waals surface area contributed by atoms with Crippen LogP contribution in [0.25, 0.3) is 11.1 Å². The Balaban J connectivity index is 1.79. The maximum absolute atomic E-state index is 12.7. The molecular formula is C22H28N2O4S. The van der Waals surface area contributed by atoms with Gasteiger partial charge in [0.1, 0.15) is 16.3 Å². The molecule has 1 amide bonds. The predicted molar refractivity (Wildman–Crippen MR) is 116 cm³/mol. The van der Waals surface area contributed by atoms with Gasteiger partial charge in [-0.1, -0.05) is 26.0 Å². The minimum atomic E-state index is -0.465. The first-order valence-corrected chi connectivity index (χ1v) is 10.7. The van der Waals surface area contributed by atoms with Gasteiger partial charge >= 0.3 is 5.97 Å². The summed E-state index contributed by atoms with van der Waals surface area (Å²) in [4.78, 5) is 27.3. The number of carbonyl (C=O) groups excluding carboxylic acids is 2. The number of anilines is 1. The molecule has 1 aromatic heterocycles. The third kappa shape index (κ3) is 5.16. The van der Waals surface area contributed by atoms with Crippen LogP contribution in [-0.2, 0) is 9.53 Å². The average Bonchev–Trinajstić information content (AvgIpc) is 3.09. The van der Waals surface area contributed by atoms with E-state index in [-0.39, 0.29) is 5.91 Å². The summed E-state index contributed by atoms with van der Waals surface area (Å²) in [5.74, 6) is 1.33. The molecule has 0 bridgehead atoms. The lowest BCUT2D eigenvalue weighted by molar-refractivity contribution is -0.117. The number of methoxy groups -OCH3 is 2. The van der Waals surface area contributed by atoms with E-state index in [0.717, 1.165) is 30.0 Å². The van der Waals surface area contributed by atoms with E-state index in [1.807, 2.05) is 29.6 Å². The number of ether oxygens (including phenoxy) is 2. The summed E-state index contributed by atoms with van der Waals surface area (Å²) >= 11 is 1.33. The van der Waals surface area contributed by atoms with Crippen LogP contribution in [-0.4, -0.2) is 50.6 Å². The summed E-state index contributed by atoms with van der Waals surface area (Å²) in [7, 11) is 2.96. The summed E-state index contributed by atoms with van der Waals surface area (Å²) in [6, 6.07) is 7.45. The zero-order valence-corrected chi connectivity index (χ0v) is 18.2. The lowest BCUT2D eigenvalue weighted by Gasteiger charge is -2.34. The van der Waals surface area contributed by atoms with Gasteiger partial charge in [-0.3, -0.25) is 9.69 Å². The van der Waals surface area contributed by atoms with Crippen LogP contribution in [0.1, 0.15) is 30.6 Å². The van der Waals surface area contributed by atoms with Crippen LogP contribution in [0.5, 0.6) is 5.75 Å². The number of nitrogens with one attached hydrogen (secondary N) is 1. The molecule has 0 aliphatic carbocycles. The Morgan fingerprint density at radius 1 is 1.14 bits per heavy atom. The summed E-state index contributed by atoms with van der Waals surface area (Å²) in [6.45, 7) is 6.60. The van der Waals surface area contributed by atoms with Gasteiger partial charge in [0.15, 0.2) is 0 Å². The Labute approximate surface area is 175 Å². The van der Waals surface area contributed by atoms with Crippen molar-refractivity contribution >= 4 is 28.2 Å². The molecule has 3 rings (SSSR count). The molecule has 0 spiro atoms. The van der Waals surface area contributed by atoms with Crippen molar-refractivity contribution in [2.45, 2.75) is 20.3 Å². The van der Waals surface area contributed by atoms with Crippen molar-refractivity contribution in [3.63, 3.8) is 0 Å². The molecule has 1 fully saturated rings. The van der Waals surface area contributed by atoms with Crippen molar-refractivity contribution in [2.75, 3.05) is 39.2 Å². The highest BCUT2D eigenvalue weighted by Gasteiger charge is 2.26. The van der Waals surface area contributed by atoms with Crippen LogP contribution in [0.15, 0.2) is 29.6 Å². The highest BCUT2D eigenvalue weighted by Crippen LogP contribution is 2.36. The Hall–Kier alpha value is -2.38. The number of piperidine rings is 1. The Bertz CT molecular complexity index is 852. The normalized spacial score (nSPS) is 19.6. The zero-order chi connectivity index (χ0) is 21.0. The second-order valence-electron chi connectivity index (χ2n) is 7.76. The van der Waals surface area contributed by atoms with Crippen LogP contribution in [0.3, 0.4) is 0 Å². The number of carbonyl (C=O) groups is 2. The molecule has 29 heavy (non-hydrogen) atoms. The van der Waals surface area contributed by atoms with E-state index in [1.54, 1.807) is 7.11 Å². The first-order valence-electron chi connectivity index (χ1n) is 9.77. The van der Waals surface area contributed by atoms with Gasteiger partial charge in [0.05, 0.1) is 20.8 Å². The monoisotopic (exact) mass is 416 g/mol. The van der Waals surface area contributed by atoms with E-state index in [0.29, 0.717) is 28.9 Å². The summed E-state index contributed by atoms with van der Waals surface area (Å²) in [5.41, 5.74) is 1.98. The highest BCUT2D eigenvalue weighted by molar-refractivity contribution is 7.15. The molecule has 7 heteroatoms. The number of hydrogen-bond donors (Lipinski definition) is 1. The van der Waals surface area contributed by atoms with Gasteiger partial charge in [-0.2, -0.15) is 0 Å². The molecule has 1 N–H and O–H groups in total. The number of hydrogen-bond acceptors (Lipinski definition) is 6. The van der Waals surface area contributed by atoms with Crippen LogP contribution in [0.2, 0.25) is 0 Å². The van der Waals surface area contributed by atoms with Gasteiger partial charge < -0.3 is 14.8 Å². The molecule has 2 unspecified atom stereocenters. The molecule has 1 saturated heterocycles. The number of esters is 1. The van der Waals surface area contributed by atoms with E-state index in [4.69, 9.17) is 9.47 Å². The molecular weight excluding hydrogens is 388 g/mol. The predicted octanol–water partition coefficient (Wildman–Crippen LogP) is 4.13. The molecule has 1 aliphatic rings. The standard InChI is InChI=1S/C22H28N2O4S/c1-14-9-15(2)11-24(10-14)12-19(25)23-21-20(22(26)28-4)18(13-29-21)16-5-7-17(27-3)8-6-16/h5-8,13-15H,9-12H2,1-4H3,(H,23,25).